The van der Waals surface area contributed by atoms with Crippen LogP contribution in [0.5, 0.6) is 11.5 Å². The van der Waals surface area contributed by atoms with E-state index in [1.54, 1.807) is 0 Å². The molecule has 0 bridgehead atoms. The molecule has 4 nitrogen and oxygen atoms in total. The molecule has 0 amide bonds. The molecule has 0 radical (unpaired) electrons. The van der Waals surface area contributed by atoms with Crippen molar-refractivity contribution < 1.29 is 14.3 Å². The molecule has 1 aliphatic carbocycles. The topological polar surface area (TPSA) is 48.4 Å². The minimum Gasteiger partial charge on any atom is -0.454 e. The Balaban J connectivity index is 1.49. The number of carbonyl (C=O) groups is 1. The van der Waals surface area contributed by atoms with Gasteiger partial charge in [-0.2, -0.15) is 0 Å². The van der Waals surface area contributed by atoms with Crippen LogP contribution >= 0.6 is 0 Å². The van der Waals surface area contributed by atoms with Gasteiger partial charge in [-0.1, -0.05) is 26.0 Å². The lowest BCUT2D eigenvalue weighted by Gasteiger charge is -2.15. The Labute approximate surface area is 148 Å². The van der Waals surface area contributed by atoms with Crippen molar-refractivity contribution in [2.24, 2.45) is 5.92 Å². The number of fused-ring (bicyclic) bond motifs is 1. The molecule has 0 saturated heterocycles. The minimum absolute atomic E-state index is 0.246. The quantitative estimate of drug-likeness (QED) is 0.803. The Bertz CT molecular complexity index is 791. The van der Waals surface area contributed by atoms with E-state index in [0.29, 0.717) is 12.3 Å². The maximum absolute atomic E-state index is 12.9. The number of nitrogens with zero attached hydrogens (tertiary/aromatic N) is 1. The maximum atomic E-state index is 12.9. The van der Waals surface area contributed by atoms with Crippen molar-refractivity contribution in [1.82, 2.24) is 4.98 Å². The van der Waals surface area contributed by atoms with Gasteiger partial charge in [0.2, 0.25) is 6.79 Å². The van der Waals surface area contributed by atoms with Crippen LogP contribution in [0.4, 0.5) is 0 Å². The van der Waals surface area contributed by atoms with Crippen molar-refractivity contribution in [3.63, 3.8) is 0 Å². The third kappa shape index (κ3) is 3.13. The van der Waals surface area contributed by atoms with Crippen molar-refractivity contribution in [2.45, 2.75) is 44.9 Å². The molecule has 1 aromatic heterocycles. The smallest absolute Gasteiger partial charge is 0.231 e. The fourth-order valence-corrected chi connectivity index (χ4v) is 3.53. The monoisotopic (exact) mass is 337 g/mol. The van der Waals surface area contributed by atoms with Crippen LogP contribution in [0.2, 0.25) is 0 Å². The highest BCUT2D eigenvalue weighted by Crippen LogP contribution is 2.51. The maximum Gasteiger partial charge on any atom is 0.231 e. The molecule has 0 N–H and O–H groups in total. The van der Waals surface area contributed by atoms with Gasteiger partial charge in [0.05, 0.1) is 5.41 Å². The second-order valence-electron chi connectivity index (χ2n) is 7.51. The molecule has 4 rings (SSSR count). The molecule has 4 heteroatoms. The Morgan fingerprint density at radius 3 is 2.64 bits per heavy atom. The number of carbonyl (C=O) groups excluding carboxylic acids is 1. The predicted molar refractivity (Wildman–Crippen MR) is 95.0 cm³/mol. The first kappa shape index (κ1) is 16.1. The molecule has 0 atom stereocenters. The standard InChI is InChI=1S/C21H23NO3/c1-14(2)9-15-3-5-17(22-12-15)11-20(23)21(7-8-21)16-4-6-18-19(10-16)25-13-24-18/h3-6,10,12,14H,7-9,11,13H2,1-2H3. The molecule has 130 valence electrons. The van der Waals surface area contributed by atoms with E-state index in [4.69, 9.17) is 9.47 Å². The Morgan fingerprint density at radius 1 is 1.16 bits per heavy atom. The first-order chi connectivity index (χ1) is 12.1. The van der Waals surface area contributed by atoms with E-state index < -0.39 is 0 Å². The van der Waals surface area contributed by atoms with Crippen LogP contribution in [0.3, 0.4) is 0 Å². The molecule has 25 heavy (non-hydrogen) atoms. The first-order valence-corrected chi connectivity index (χ1v) is 8.94. The Kier molecular flexibility index (Phi) is 3.98. The summed E-state index contributed by atoms with van der Waals surface area (Å²) in [6, 6.07) is 9.95. The second kappa shape index (κ2) is 6.17. The zero-order chi connectivity index (χ0) is 17.4. The average molecular weight is 337 g/mol. The molecule has 2 aromatic rings. The highest BCUT2D eigenvalue weighted by Gasteiger charge is 2.50. The molecule has 1 aliphatic heterocycles. The molecular weight excluding hydrogens is 314 g/mol. The SMILES string of the molecule is CC(C)Cc1ccc(CC(=O)C2(c3ccc4c(c3)OCO4)CC2)nc1. The predicted octanol–water partition coefficient (Wildman–Crippen LogP) is 3.85. The second-order valence-corrected chi connectivity index (χ2v) is 7.51. The van der Waals surface area contributed by atoms with E-state index in [2.05, 4.69) is 24.9 Å². The zero-order valence-corrected chi connectivity index (χ0v) is 14.7. The number of hydrogen-bond donors (Lipinski definition) is 0. The van der Waals surface area contributed by atoms with E-state index in [1.165, 1.54) is 5.56 Å². The van der Waals surface area contributed by atoms with Gasteiger partial charge in [-0.05, 0) is 54.5 Å². The molecule has 1 fully saturated rings. The van der Waals surface area contributed by atoms with Gasteiger partial charge in [0.15, 0.2) is 11.5 Å². The van der Waals surface area contributed by atoms with Gasteiger partial charge in [-0.25, -0.2) is 0 Å². The van der Waals surface area contributed by atoms with Gasteiger partial charge >= 0.3 is 0 Å². The molecular formula is C21H23NO3. The van der Waals surface area contributed by atoms with Crippen LogP contribution < -0.4 is 9.47 Å². The number of rotatable bonds is 6. The summed E-state index contributed by atoms with van der Waals surface area (Å²) < 4.78 is 10.8. The molecule has 0 spiro atoms. The summed E-state index contributed by atoms with van der Waals surface area (Å²) in [6.07, 6.45) is 5.11. The average Bonchev–Trinajstić information content (AvgIpc) is 3.27. The van der Waals surface area contributed by atoms with Crippen molar-refractivity contribution in [3.8, 4) is 11.5 Å². The van der Waals surface area contributed by atoms with Gasteiger partial charge < -0.3 is 9.47 Å². The summed E-state index contributed by atoms with van der Waals surface area (Å²) in [5.41, 5.74) is 2.75. The number of aromatic nitrogens is 1. The lowest BCUT2D eigenvalue weighted by Crippen LogP contribution is -2.23. The third-order valence-corrected chi connectivity index (χ3v) is 5.08. The molecule has 0 unspecified atom stereocenters. The lowest BCUT2D eigenvalue weighted by atomic mass is 9.88. The molecule has 2 heterocycles. The van der Waals surface area contributed by atoms with Gasteiger partial charge in [-0.3, -0.25) is 9.78 Å². The summed E-state index contributed by atoms with van der Waals surface area (Å²) in [7, 11) is 0. The van der Waals surface area contributed by atoms with Gasteiger partial charge in [-0.15, -0.1) is 0 Å². The van der Waals surface area contributed by atoms with E-state index in [1.807, 2.05) is 30.5 Å². The van der Waals surface area contributed by atoms with E-state index in [0.717, 1.165) is 42.0 Å². The fraction of sp³-hybridized carbons (Fsp3) is 0.429. The zero-order valence-electron chi connectivity index (χ0n) is 14.7. The fourth-order valence-electron chi connectivity index (χ4n) is 3.53. The van der Waals surface area contributed by atoms with Crippen LogP contribution in [-0.4, -0.2) is 17.6 Å². The number of Topliss-reactive ketones (excluding diaryl/α,β-unsaturated/α-hetero) is 1. The third-order valence-electron chi connectivity index (χ3n) is 5.08. The number of hydrogen-bond acceptors (Lipinski definition) is 4. The van der Waals surface area contributed by atoms with Crippen LogP contribution in [0.1, 0.15) is 43.5 Å². The number of ether oxygens (including phenoxy) is 2. The number of pyridine rings is 1. The summed E-state index contributed by atoms with van der Waals surface area (Å²) in [4.78, 5) is 17.4. The van der Waals surface area contributed by atoms with Crippen molar-refractivity contribution >= 4 is 5.78 Å². The minimum atomic E-state index is -0.362. The number of ketones is 1. The van der Waals surface area contributed by atoms with Crippen LogP contribution in [0.15, 0.2) is 36.5 Å². The highest BCUT2D eigenvalue weighted by atomic mass is 16.7. The Morgan fingerprint density at radius 2 is 1.96 bits per heavy atom. The van der Waals surface area contributed by atoms with Crippen molar-refractivity contribution in [3.05, 3.63) is 53.3 Å². The first-order valence-electron chi connectivity index (χ1n) is 8.94. The van der Waals surface area contributed by atoms with Crippen LogP contribution in [0, 0.1) is 5.92 Å². The van der Waals surface area contributed by atoms with Gasteiger partial charge in [0.25, 0.3) is 0 Å². The van der Waals surface area contributed by atoms with Gasteiger partial charge in [0.1, 0.15) is 5.78 Å². The number of benzene rings is 1. The van der Waals surface area contributed by atoms with E-state index in [-0.39, 0.29) is 18.0 Å². The van der Waals surface area contributed by atoms with Crippen molar-refractivity contribution in [2.75, 3.05) is 6.79 Å². The summed E-state index contributed by atoms with van der Waals surface area (Å²) in [6.45, 7) is 4.64. The van der Waals surface area contributed by atoms with E-state index in [9.17, 15) is 4.79 Å². The van der Waals surface area contributed by atoms with Crippen LogP contribution in [-0.2, 0) is 23.1 Å². The van der Waals surface area contributed by atoms with Crippen LogP contribution in [0.25, 0.3) is 0 Å². The largest absolute Gasteiger partial charge is 0.454 e. The highest BCUT2D eigenvalue weighted by molar-refractivity contribution is 5.94. The summed E-state index contributed by atoms with van der Waals surface area (Å²) in [5.74, 6) is 2.35. The van der Waals surface area contributed by atoms with E-state index >= 15 is 0 Å². The van der Waals surface area contributed by atoms with Crippen molar-refractivity contribution in [1.29, 1.82) is 0 Å². The molecule has 2 aliphatic rings. The lowest BCUT2D eigenvalue weighted by molar-refractivity contribution is -0.120. The summed E-state index contributed by atoms with van der Waals surface area (Å²) in [5, 5.41) is 0. The molecule has 1 saturated carbocycles. The van der Waals surface area contributed by atoms with Gasteiger partial charge in [0, 0.05) is 18.3 Å². The molecule has 1 aromatic carbocycles. The summed E-state index contributed by atoms with van der Waals surface area (Å²) >= 11 is 0. The Hall–Kier alpha value is -2.36. The normalized spacial score (nSPS) is 16.9.